The van der Waals surface area contributed by atoms with Crippen molar-refractivity contribution in [3.8, 4) is 0 Å². The number of hydrogen-bond acceptors (Lipinski definition) is 5. The third-order valence-electron chi connectivity index (χ3n) is 17.0. The first-order valence-electron chi connectivity index (χ1n) is 36.1. The van der Waals surface area contributed by atoms with Gasteiger partial charge in [-0.25, -0.2) is 4.57 Å². The second-order valence-corrected chi connectivity index (χ2v) is 27.8. The second-order valence-electron chi connectivity index (χ2n) is 26.3. The summed E-state index contributed by atoms with van der Waals surface area (Å²) in [6.45, 7) is 4.89. The van der Waals surface area contributed by atoms with Crippen LogP contribution >= 0.6 is 7.82 Å². The fourth-order valence-electron chi connectivity index (χ4n) is 11.4. The Morgan fingerprint density at radius 1 is 0.412 bits per heavy atom. The first-order valence-corrected chi connectivity index (χ1v) is 37.6. The van der Waals surface area contributed by atoms with Gasteiger partial charge in [0.25, 0.3) is 0 Å². The molecule has 9 heteroatoms. The molecule has 0 aromatic heterocycles. The Bertz CT molecular complexity index is 1310. The molecular formula is C71H144N2O6P+. The molecule has 0 aromatic rings. The van der Waals surface area contributed by atoms with E-state index in [1.54, 1.807) is 6.08 Å². The van der Waals surface area contributed by atoms with Gasteiger partial charge < -0.3 is 19.8 Å². The minimum absolute atomic E-state index is 0.0655. The van der Waals surface area contributed by atoms with Gasteiger partial charge in [-0.05, 0) is 19.3 Å². The number of phosphoric ester groups is 1. The van der Waals surface area contributed by atoms with Crippen LogP contribution in [-0.4, -0.2) is 73.4 Å². The lowest BCUT2D eigenvalue weighted by Crippen LogP contribution is -2.45. The maximum Gasteiger partial charge on any atom is 0.472 e. The first kappa shape index (κ1) is 79.2. The number of nitrogens with zero attached hydrogens (tertiary/aromatic N) is 1. The molecule has 3 atom stereocenters. The Balaban J connectivity index is 4.00. The molecule has 0 aliphatic rings. The molecule has 8 nitrogen and oxygen atoms in total. The Labute approximate surface area is 501 Å². The molecular weight excluding hydrogens is 1010 g/mol. The van der Waals surface area contributed by atoms with E-state index in [2.05, 4.69) is 19.2 Å². The van der Waals surface area contributed by atoms with Gasteiger partial charge in [0, 0.05) is 6.42 Å². The standard InChI is InChI=1S/C71H143N2O6P/c1-6-8-10-12-14-16-18-20-22-24-26-28-30-32-34-35-36-37-39-41-43-45-47-49-51-53-55-57-59-61-63-65-71(75)72-69(68-79-80(76,77)78-67-66-73(3,4)5)70(74)64-62-60-58-56-54-52-50-48-46-44-42-40-38-33-31-29-27-25-23-21-19-17-15-13-11-9-7-2/h62,64,69-70,74H,6-61,63,65-68H2,1-5H3,(H-,72,75,76,77)/p+1/b64-62+. The zero-order valence-corrected chi connectivity index (χ0v) is 55.8. The molecule has 0 heterocycles. The van der Waals surface area contributed by atoms with Crippen molar-refractivity contribution >= 4 is 13.7 Å². The third kappa shape index (κ3) is 64.8. The maximum absolute atomic E-state index is 13.1. The van der Waals surface area contributed by atoms with Crippen LogP contribution in [0.1, 0.15) is 386 Å². The number of quaternary nitrogens is 1. The number of nitrogens with one attached hydrogen (secondary N) is 1. The van der Waals surface area contributed by atoms with Gasteiger partial charge in [-0.1, -0.05) is 373 Å². The average molecular weight is 1150 g/mol. The predicted octanol–water partition coefficient (Wildman–Crippen LogP) is 22.9. The van der Waals surface area contributed by atoms with Gasteiger partial charge in [0.15, 0.2) is 0 Å². The van der Waals surface area contributed by atoms with Crippen molar-refractivity contribution < 1.29 is 32.9 Å². The Morgan fingerprint density at radius 3 is 0.925 bits per heavy atom. The van der Waals surface area contributed by atoms with Gasteiger partial charge in [-0.3, -0.25) is 13.8 Å². The van der Waals surface area contributed by atoms with E-state index in [9.17, 15) is 19.4 Å². The SMILES string of the molecule is CCCCCCCCCCCCCCCCCCCCCCCCCCC/C=C/C(O)C(COP(=O)(O)OCC[N+](C)(C)C)NC(=O)CCCCCCCCCCCCCCCCCCCCCCCCCCCCCCCCC. The molecule has 1 amide bonds. The summed E-state index contributed by atoms with van der Waals surface area (Å²) in [5.41, 5.74) is 0. The molecule has 0 fully saturated rings. The number of likely N-dealkylation sites (N-methyl/N-ethyl adjacent to an activating group) is 1. The fraction of sp³-hybridized carbons (Fsp3) is 0.958. The summed E-state index contributed by atoms with van der Waals surface area (Å²) in [6, 6.07) is -0.844. The predicted molar refractivity (Wildman–Crippen MR) is 351 cm³/mol. The van der Waals surface area contributed by atoms with Gasteiger partial charge in [0.1, 0.15) is 13.2 Å². The smallest absolute Gasteiger partial charge is 0.387 e. The molecule has 80 heavy (non-hydrogen) atoms. The molecule has 0 spiro atoms. The van der Waals surface area contributed by atoms with Crippen molar-refractivity contribution in [3.05, 3.63) is 12.2 Å². The van der Waals surface area contributed by atoms with E-state index in [0.29, 0.717) is 17.4 Å². The Kier molecular flexibility index (Phi) is 62.2. The van der Waals surface area contributed by atoms with E-state index in [4.69, 9.17) is 9.05 Å². The average Bonchev–Trinajstić information content (AvgIpc) is 3.42. The largest absolute Gasteiger partial charge is 0.472 e. The van der Waals surface area contributed by atoms with Crippen LogP contribution < -0.4 is 5.32 Å². The van der Waals surface area contributed by atoms with Crippen molar-refractivity contribution in [1.82, 2.24) is 5.32 Å². The number of allylic oxidation sites excluding steroid dienone is 1. The van der Waals surface area contributed by atoms with Crippen LogP contribution in [0.5, 0.6) is 0 Å². The van der Waals surface area contributed by atoms with Crippen LogP contribution in [0.4, 0.5) is 0 Å². The summed E-state index contributed by atoms with van der Waals surface area (Å²) < 4.78 is 23.8. The molecule has 0 bridgehead atoms. The normalized spacial score (nSPS) is 13.6. The summed E-state index contributed by atoms with van der Waals surface area (Å²) in [7, 11) is 1.60. The van der Waals surface area contributed by atoms with Crippen LogP contribution in [0.2, 0.25) is 0 Å². The highest BCUT2D eigenvalue weighted by Crippen LogP contribution is 2.43. The van der Waals surface area contributed by atoms with Gasteiger partial charge in [-0.15, -0.1) is 0 Å². The van der Waals surface area contributed by atoms with Crippen LogP contribution in [-0.2, 0) is 18.4 Å². The zero-order valence-electron chi connectivity index (χ0n) is 54.9. The van der Waals surface area contributed by atoms with E-state index in [1.165, 1.54) is 334 Å². The lowest BCUT2D eigenvalue weighted by molar-refractivity contribution is -0.870. The summed E-state index contributed by atoms with van der Waals surface area (Å²) >= 11 is 0. The number of unbranched alkanes of at least 4 members (excludes halogenated alkanes) is 55. The maximum atomic E-state index is 13.1. The number of aliphatic hydroxyl groups excluding tert-OH is 1. The fourth-order valence-corrected chi connectivity index (χ4v) is 12.1. The number of amides is 1. The number of hydrogen-bond donors (Lipinski definition) is 3. The lowest BCUT2D eigenvalue weighted by atomic mass is 10.0. The number of carbonyl (C=O) groups excluding carboxylic acids is 1. The topological polar surface area (TPSA) is 105 Å². The van der Waals surface area contributed by atoms with Crippen molar-refractivity contribution in [1.29, 1.82) is 0 Å². The van der Waals surface area contributed by atoms with Crippen molar-refractivity contribution in [2.45, 2.75) is 398 Å². The zero-order chi connectivity index (χ0) is 58.4. The van der Waals surface area contributed by atoms with Crippen LogP contribution in [0, 0.1) is 0 Å². The molecule has 3 N–H and O–H groups in total. The summed E-state index contributed by atoms with van der Waals surface area (Å²) in [6.07, 6.45) is 80.9. The molecule has 3 unspecified atom stereocenters. The summed E-state index contributed by atoms with van der Waals surface area (Å²) in [5.74, 6) is -0.166. The molecule has 0 aromatic carbocycles. The molecule has 478 valence electrons. The van der Waals surface area contributed by atoms with Crippen molar-refractivity contribution in [2.75, 3.05) is 40.9 Å². The minimum Gasteiger partial charge on any atom is -0.387 e. The summed E-state index contributed by atoms with van der Waals surface area (Å²) in [4.78, 5) is 23.4. The summed E-state index contributed by atoms with van der Waals surface area (Å²) in [5, 5.41) is 14.0. The Morgan fingerprint density at radius 2 is 0.662 bits per heavy atom. The van der Waals surface area contributed by atoms with Crippen LogP contribution in [0.15, 0.2) is 12.2 Å². The van der Waals surface area contributed by atoms with E-state index >= 15 is 0 Å². The van der Waals surface area contributed by atoms with Crippen molar-refractivity contribution in [2.24, 2.45) is 0 Å². The molecule has 0 aliphatic heterocycles. The second kappa shape index (κ2) is 62.8. The first-order chi connectivity index (χ1) is 39.0. The van der Waals surface area contributed by atoms with Gasteiger partial charge in [-0.2, -0.15) is 0 Å². The van der Waals surface area contributed by atoms with E-state index in [0.717, 1.165) is 32.1 Å². The number of aliphatic hydroxyl groups is 1. The van der Waals surface area contributed by atoms with E-state index < -0.39 is 20.0 Å². The molecule has 0 saturated heterocycles. The Hall–Kier alpha value is -0.760. The van der Waals surface area contributed by atoms with E-state index in [-0.39, 0.29) is 19.1 Å². The molecule has 0 rings (SSSR count). The van der Waals surface area contributed by atoms with E-state index in [1.807, 2.05) is 27.2 Å². The quantitative estimate of drug-likeness (QED) is 0.0243. The van der Waals surface area contributed by atoms with Gasteiger partial charge in [0.2, 0.25) is 5.91 Å². The molecule has 0 saturated carbocycles. The number of rotatable bonds is 68. The lowest BCUT2D eigenvalue weighted by Gasteiger charge is -2.25. The minimum atomic E-state index is -4.35. The van der Waals surface area contributed by atoms with Crippen molar-refractivity contribution in [3.63, 3.8) is 0 Å². The van der Waals surface area contributed by atoms with Crippen LogP contribution in [0.25, 0.3) is 0 Å². The molecule has 0 aliphatic carbocycles. The highest BCUT2D eigenvalue weighted by Gasteiger charge is 2.28. The molecule has 0 radical (unpaired) electrons. The number of phosphoric acid groups is 1. The highest BCUT2D eigenvalue weighted by atomic mass is 31.2. The van der Waals surface area contributed by atoms with Gasteiger partial charge in [0.05, 0.1) is 39.9 Å². The number of carbonyl (C=O) groups is 1. The highest BCUT2D eigenvalue weighted by molar-refractivity contribution is 7.47. The monoisotopic (exact) mass is 1150 g/mol. The third-order valence-corrected chi connectivity index (χ3v) is 18.0. The van der Waals surface area contributed by atoms with Gasteiger partial charge >= 0.3 is 7.82 Å². The van der Waals surface area contributed by atoms with Crippen LogP contribution in [0.3, 0.4) is 0 Å².